The van der Waals surface area contributed by atoms with Gasteiger partial charge in [-0.3, -0.25) is 0 Å². The molecular weight excluding hydrogens is 236 g/mol. The molecule has 0 heterocycles. The van der Waals surface area contributed by atoms with Gasteiger partial charge < -0.3 is 10.2 Å². The summed E-state index contributed by atoms with van der Waals surface area (Å²) in [4.78, 5) is 0. The maximum absolute atomic E-state index is 10.2. The van der Waals surface area contributed by atoms with E-state index in [9.17, 15) is 10.2 Å². The van der Waals surface area contributed by atoms with Crippen LogP contribution in [0.3, 0.4) is 0 Å². The van der Waals surface area contributed by atoms with Gasteiger partial charge in [0.25, 0.3) is 0 Å². The Morgan fingerprint density at radius 1 is 0.632 bits per heavy atom. The lowest BCUT2D eigenvalue weighted by atomic mass is 9.81. The molecule has 2 atom stereocenters. The van der Waals surface area contributed by atoms with Gasteiger partial charge in [-0.1, -0.05) is 38.5 Å². The van der Waals surface area contributed by atoms with Crippen LogP contribution in [0.25, 0.3) is 0 Å². The minimum atomic E-state index is -0.112. The first-order chi connectivity index (χ1) is 9.27. The van der Waals surface area contributed by atoms with E-state index in [4.69, 9.17) is 0 Å². The molecule has 0 spiro atoms. The van der Waals surface area contributed by atoms with Crippen molar-refractivity contribution in [3.8, 4) is 0 Å². The Bertz CT molecular complexity index is 205. The summed E-state index contributed by atoms with van der Waals surface area (Å²) < 4.78 is 0. The summed E-state index contributed by atoms with van der Waals surface area (Å²) in [5.74, 6) is 1.08. The Kier molecular flexibility index (Phi) is 6.66. The van der Waals surface area contributed by atoms with Crippen molar-refractivity contribution < 1.29 is 10.2 Å². The number of aliphatic hydroxyl groups is 2. The summed E-state index contributed by atoms with van der Waals surface area (Å²) in [6, 6.07) is 0. The first-order valence-corrected chi connectivity index (χ1v) is 8.63. The van der Waals surface area contributed by atoms with Crippen molar-refractivity contribution in [2.45, 2.75) is 95.7 Å². The normalized spacial score (nSPS) is 26.2. The molecular formula is C17H32O2. The van der Waals surface area contributed by atoms with E-state index in [2.05, 4.69) is 0 Å². The monoisotopic (exact) mass is 268 g/mol. The molecule has 2 aliphatic carbocycles. The van der Waals surface area contributed by atoms with Crippen LogP contribution >= 0.6 is 0 Å². The third kappa shape index (κ3) is 5.07. The van der Waals surface area contributed by atoms with E-state index in [1.54, 1.807) is 0 Å². The van der Waals surface area contributed by atoms with Crippen LogP contribution in [0.15, 0.2) is 0 Å². The van der Waals surface area contributed by atoms with Crippen LogP contribution in [-0.4, -0.2) is 22.4 Å². The largest absolute Gasteiger partial charge is 0.393 e. The number of rotatable bonds is 6. The average molecular weight is 268 g/mol. The average Bonchev–Trinajstić information content (AvgIpc) is 2.49. The molecule has 2 N–H and O–H groups in total. The zero-order chi connectivity index (χ0) is 13.5. The van der Waals surface area contributed by atoms with Crippen LogP contribution in [0, 0.1) is 11.8 Å². The van der Waals surface area contributed by atoms with Gasteiger partial charge in [-0.05, 0) is 56.8 Å². The van der Waals surface area contributed by atoms with Gasteiger partial charge >= 0.3 is 0 Å². The highest BCUT2D eigenvalue weighted by Crippen LogP contribution is 2.30. The van der Waals surface area contributed by atoms with Crippen LogP contribution in [0.2, 0.25) is 0 Å². The predicted octanol–water partition coefficient (Wildman–Crippen LogP) is 4.04. The fourth-order valence-electron chi connectivity index (χ4n) is 4.05. The van der Waals surface area contributed by atoms with E-state index in [-0.39, 0.29) is 12.2 Å². The number of hydrogen-bond acceptors (Lipinski definition) is 2. The van der Waals surface area contributed by atoms with Crippen LogP contribution in [-0.2, 0) is 0 Å². The highest BCUT2D eigenvalue weighted by molar-refractivity contribution is 4.76. The summed E-state index contributed by atoms with van der Waals surface area (Å²) in [7, 11) is 0. The van der Waals surface area contributed by atoms with Crippen molar-refractivity contribution in [2.24, 2.45) is 11.8 Å². The van der Waals surface area contributed by atoms with Gasteiger partial charge in [-0.2, -0.15) is 0 Å². The van der Waals surface area contributed by atoms with E-state index in [0.717, 1.165) is 19.3 Å². The molecule has 19 heavy (non-hydrogen) atoms. The van der Waals surface area contributed by atoms with E-state index in [1.807, 2.05) is 0 Å². The molecule has 2 heteroatoms. The molecule has 0 amide bonds. The Morgan fingerprint density at radius 2 is 1.00 bits per heavy atom. The molecule has 0 saturated heterocycles. The Balaban J connectivity index is 1.59. The highest BCUT2D eigenvalue weighted by Gasteiger charge is 2.24. The number of aliphatic hydroxyl groups excluding tert-OH is 2. The van der Waals surface area contributed by atoms with Crippen LogP contribution < -0.4 is 0 Å². The standard InChI is InChI=1S/C17H32O2/c18-16(14-8-3-1-4-9-14)12-7-13-17(19)15-10-5-2-6-11-15/h14-19H,1-13H2/t16-,17+. The quantitative estimate of drug-likeness (QED) is 0.763. The Morgan fingerprint density at radius 3 is 1.37 bits per heavy atom. The molecule has 0 radical (unpaired) electrons. The fourth-order valence-corrected chi connectivity index (χ4v) is 4.05. The summed E-state index contributed by atoms with van der Waals surface area (Å²) >= 11 is 0. The maximum atomic E-state index is 10.2. The van der Waals surface area contributed by atoms with Crippen LogP contribution in [0.4, 0.5) is 0 Å². The summed E-state index contributed by atoms with van der Waals surface area (Å²) in [5, 5.41) is 20.4. The van der Waals surface area contributed by atoms with Gasteiger partial charge in [0.1, 0.15) is 0 Å². The second kappa shape index (κ2) is 8.26. The fraction of sp³-hybridized carbons (Fsp3) is 1.00. The third-order valence-corrected chi connectivity index (χ3v) is 5.39. The molecule has 112 valence electrons. The zero-order valence-electron chi connectivity index (χ0n) is 12.4. The van der Waals surface area contributed by atoms with Crippen molar-refractivity contribution in [3.63, 3.8) is 0 Å². The lowest BCUT2D eigenvalue weighted by Gasteiger charge is -2.28. The minimum absolute atomic E-state index is 0.112. The summed E-state index contributed by atoms with van der Waals surface area (Å²) in [5.41, 5.74) is 0. The minimum Gasteiger partial charge on any atom is -0.393 e. The van der Waals surface area contributed by atoms with Crippen molar-refractivity contribution >= 4 is 0 Å². The van der Waals surface area contributed by atoms with E-state index in [1.165, 1.54) is 64.2 Å². The number of hydrogen-bond donors (Lipinski definition) is 2. The first kappa shape index (κ1) is 15.3. The molecule has 2 fully saturated rings. The summed E-state index contributed by atoms with van der Waals surface area (Å²) in [6.45, 7) is 0. The SMILES string of the molecule is O[C@H](CCC[C@H](O)C1CCCCC1)C1CCCCC1. The molecule has 0 aliphatic heterocycles. The van der Waals surface area contributed by atoms with Gasteiger partial charge in [0, 0.05) is 0 Å². The van der Waals surface area contributed by atoms with Gasteiger partial charge in [0.15, 0.2) is 0 Å². The van der Waals surface area contributed by atoms with E-state index < -0.39 is 0 Å². The topological polar surface area (TPSA) is 40.5 Å². The molecule has 0 aromatic carbocycles. The first-order valence-electron chi connectivity index (χ1n) is 8.63. The molecule has 2 nitrogen and oxygen atoms in total. The predicted molar refractivity (Wildman–Crippen MR) is 79.0 cm³/mol. The van der Waals surface area contributed by atoms with E-state index in [0.29, 0.717) is 11.8 Å². The molecule has 2 saturated carbocycles. The molecule has 2 rings (SSSR count). The molecule has 0 aromatic heterocycles. The van der Waals surface area contributed by atoms with Crippen LogP contribution in [0.5, 0.6) is 0 Å². The highest BCUT2D eigenvalue weighted by atomic mass is 16.3. The smallest absolute Gasteiger partial charge is 0.0568 e. The second-order valence-electron chi connectivity index (χ2n) is 6.86. The van der Waals surface area contributed by atoms with Gasteiger partial charge in [0.2, 0.25) is 0 Å². The lowest BCUT2D eigenvalue weighted by Crippen LogP contribution is -2.25. The third-order valence-electron chi connectivity index (χ3n) is 5.39. The van der Waals surface area contributed by atoms with Gasteiger partial charge in [0.05, 0.1) is 12.2 Å². The maximum Gasteiger partial charge on any atom is 0.0568 e. The van der Waals surface area contributed by atoms with Gasteiger partial charge in [-0.25, -0.2) is 0 Å². The lowest BCUT2D eigenvalue weighted by molar-refractivity contribution is 0.0529. The van der Waals surface area contributed by atoms with Crippen molar-refractivity contribution in [3.05, 3.63) is 0 Å². The van der Waals surface area contributed by atoms with E-state index >= 15 is 0 Å². The second-order valence-corrected chi connectivity index (χ2v) is 6.86. The molecule has 0 bridgehead atoms. The molecule has 2 aliphatic rings. The zero-order valence-corrected chi connectivity index (χ0v) is 12.4. The molecule has 0 aromatic rings. The van der Waals surface area contributed by atoms with Crippen LogP contribution in [0.1, 0.15) is 83.5 Å². The Hall–Kier alpha value is -0.0800. The van der Waals surface area contributed by atoms with Crippen molar-refractivity contribution in [2.75, 3.05) is 0 Å². The summed E-state index contributed by atoms with van der Waals surface area (Å²) in [6.07, 6.45) is 15.3. The van der Waals surface area contributed by atoms with Crippen molar-refractivity contribution in [1.82, 2.24) is 0 Å². The Labute approximate surface area is 118 Å². The van der Waals surface area contributed by atoms with Crippen molar-refractivity contribution in [1.29, 1.82) is 0 Å². The molecule has 0 unspecified atom stereocenters. The van der Waals surface area contributed by atoms with Gasteiger partial charge in [-0.15, -0.1) is 0 Å².